The van der Waals surface area contributed by atoms with E-state index in [0.717, 1.165) is 23.9 Å². The van der Waals surface area contributed by atoms with Crippen LogP contribution in [0.15, 0.2) is 0 Å². The lowest BCUT2D eigenvalue weighted by atomic mass is 9.70. The highest BCUT2D eigenvalue weighted by molar-refractivity contribution is 4.98. The molecule has 5 atom stereocenters. The second-order valence-electron chi connectivity index (χ2n) is 9.47. The molecule has 0 amide bonds. The first kappa shape index (κ1) is 15.4. The standard InChI is InChI=1S/C20H35NO/c1-20(2,15-12-17-7-8-18(13-15)22-17)10-4-5-14-11-16-6-9-19(14)21(16)3/h14-19H,4-13H2,1-3H3. The van der Waals surface area contributed by atoms with Crippen LogP contribution in [-0.4, -0.2) is 36.2 Å². The van der Waals surface area contributed by atoms with Gasteiger partial charge < -0.3 is 9.64 Å². The molecule has 4 rings (SSSR count). The minimum atomic E-state index is 0.522. The van der Waals surface area contributed by atoms with Gasteiger partial charge in [-0.3, -0.25) is 0 Å². The van der Waals surface area contributed by atoms with E-state index in [1.54, 1.807) is 0 Å². The van der Waals surface area contributed by atoms with Crippen molar-refractivity contribution in [2.24, 2.45) is 17.3 Å². The molecule has 5 unspecified atom stereocenters. The highest BCUT2D eigenvalue weighted by Gasteiger charge is 2.44. The van der Waals surface area contributed by atoms with E-state index in [9.17, 15) is 0 Å². The average Bonchev–Trinajstić information content (AvgIpc) is 3.11. The Morgan fingerprint density at radius 2 is 1.73 bits per heavy atom. The Labute approximate surface area is 137 Å². The largest absolute Gasteiger partial charge is 0.375 e. The summed E-state index contributed by atoms with van der Waals surface area (Å²) in [5.41, 5.74) is 0.522. The molecule has 4 aliphatic rings. The van der Waals surface area contributed by atoms with E-state index in [4.69, 9.17) is 4.74 Å². The van der Waals surface area contributed by atoms with Crippen LogP contribution in [0.2, 0.25) is 0 Å². The van der Waals surface area contributed by atoms with Gasteiger partial charge in [-0.1, -0.05) is 20.3 Å². The lowest BCUT2D eigenvalue weighted by molar-refractivity contribution is -0.0500. The van der Waals surface area contributed by atoms with Crippen molar-refractivity contribution in [2.45, 2.75) is 102 Å². The maximum Gasteiger partial charge on any atom is 0.0582 e. The van der Waals surface area contributed by atoms with Crippen LogP contribution in [0.4, 0.5) is 0 Å². The Hall–Kier alpha value is -0.0800. The predicted octanol–water partition coefficient (Wildman–Crippen LogP) is 4.62. The van der Waals surface area contributed by atoms with E-state index in [2.05, 4.69) is 25.8 Å². The summed E-state index contributed by atoms with van der Waals surface area (Å²) in [6, 6.07) is 1.85. The molecule has 2 heteroatoms. The van der Waals surface area contributed by atoms with Crippen LogP contribution in [0.5, 0.6) is 0 Å². The molecule has 22 heavy (non-hydrogen) atoms. The van der Waals surface area contributed by atoms with Gasteiger partial charge >= 0.3 is 0 Å². The molecule has 4 heterocycles. The molecule has 0 saturated carbocycles. The highest BCUT2D eigenvalue weighted by Crippen LogP contribution is 2.47. The van der Waals surface area contributed by atoms with Gasteiger partial charge in [0.05, 0.1) is 12.2 Å². The summed E-state index contributed by atoms with van der Waals surface area (Å²) < 4.78 is 6.05. The van der Waals surface area contributed by atoms with Crippen molar-refractivity contribution in [2.75, 3.05) is 7.05 Å². The molecule has 0 radical (unpaired) electrons. The number of rotatable bonds is 5. The Kier molecular flexibility index (Phi) is 4.05. The normalized spacial score (nSPS) is 44.9. The second-order valence-corrected chi connectivity index (χ2v) is 9.47. The molecule has 0 aliphatic carbocycles. The van der Waals surface area contributed by atoms with Crippen molar-refractivity contribution in [3.05, 3.63) is 0 Å². The van der Waals surface area contributed by atoms with Crippen LogP contribution in [-0.2, 0) is 4.74 Å². The van der Waals surface area contributed by atoms with Crippen molar-refractivity contribution in [3.8, 4) is 0 Å². The van der Waals surface area contributed by atoms with Gasteiger partial charge in [0.1, 0.15) is 0 Å². The van der Waals surface area contributed by atoms with Crippen LogP contribution in [0.25, 0.3) is 0 Å². The van der Waals surface area contributed by atoms with E-state index in [1.807, 2.05) is 0 Å². The molecule has 0 spiro atoms. The summed E-state index contributed by atoms with van der Waals surface area (Å²) in [6.45, 7) is 5.07. The predicted molar refractivity (Wildman–Crippen MR) is 90.9 cm³/mol. The van der Waals surface area contributed by atoms with Gasteiger partial charge in [-0.25, -0.2) is 0 Å². The molecule has 0 N–H and O–H groups in total. The summed E-state index contributed by atoms with van der Waals surface area (Å²) in [7, 11) is 2.37. The quantitative estimate of drug-likeness (QED) is 0.734. The van der Waals surface area contributed by atoms with Crippen molar-refractivity contribution in [1.29, 1.82) is 0 Å². The third kappa shape index (κ3) is 2.75. The van der Waals surface area contributed by atoms with E-state index in [0.29, 0.717) is 17.6 Å². The fourth-order valence-corrected chi connectivity index (χ4v) is 6.23. The maximum atomic E-state index is 6.05. The smallest absolute Gasteiger partial charge is 0.0582 e. The molecule has 0 aromatic heterocycles. The SMILES string of the molecule is CN1C2CCC1C(CCCC(C)(C)C1CC3CCC(C1)O3)C2. The lowest BCUT2D eigenvalue weighted by Crippen LogP contribution is -2.34. The number of ether oxygens (including phenoxy) is 1. The van der Waals surface area contributed by atoms with Gasteiger partial charge in [-0.2, -0.15) is 0 Å². The van der Waals surface area contributed by atoms with E-state index < -0.39 is 0 Å². The number of hydrogen-bond acceptors (Lipinski definition) is 2. The van der Waals surface area contributed by atoms with Crippen molar-refractivity contribution in [3.63, 3.8) is 0 Å². The van der Waals surface area contributed by atoms with Crippen LogP contribution < -0.4 is 0 Å². The summed E-state index contributed by atoms with van der Waals surface area (Å²) in [5.74, 6) is 1.91. The van der Waals surface area contributed by atoms with Gasteiger partial charge in [0.15, 0.2) is 0 Å². The Morgan fingerprint density at radius 1 is 1.00 bits per heavy atom. The first-order valence-corrected chi connectivity index (χ1v) is 9.90. The minimum absolute atomic E-state index is 0.522. The van der Waals surface area contributed by atoms with Crippen LogP contribution in [0, 0.1) is 17.3 Å². The lowest BCUT2D eigenvalue weighted by Gasteiger charge is -2.40. The fraction of sp³-hybridized carbons (Fsp3) is 1.00. The molecule has 126 valence electrons. The number of fused-ring (bicyclic) bond motifs is 4. The van der Waals surface area contributed by atoms with E-state index >= 15 is 0 Å². The first-order valence-electron chi connectivity index (χ1n) is 9.90. The van der Waals surface area contributed by atoms with Crippen molar-refractivity contribution in [1.82, 2.24) is 4.90 Å². The van der Waals surface area contributed by atoms with Crippen molar-refractivity contribution >= 4 is 0 Å². The van der Waals surface area contributed by atoms with Gasteiger partial charge in [0, 0.05) is 12.1 Å². The Bertz CT molecular complexity index is 395. The molecular formula is C20H35NO. The average molecular weight is 306 g/mol. The fourth-order valence-electron chi connectivity index (χ4n) is 6.23. The van der Waals surface area contributed by atoms with Crippen LogP contribution in [0.1, 0.15) is 78.1 Å². The summed E-state index contributed by atoms with van der Waals surface area (Å²) >= 11 is 0. The highest BCUT2D eigenvalue weighted by atomic mass is 16.5. The zero-order chi connectivity index (χ0) is 15.3. The molecule has 0 aromatic carbocycles. The summed E-state index contributed by atoms with van der Waals surface area (Å²) in [5, 5.41) is 0. The molecule has 4 aliphatic heterocycles. The Balaban J connectivity index is 1.26. The number of nitrogens with zero attached hydrogens (tertiary/aromatic N) is 1. The third-order valence-electron chi connectivity index (χ3n) is 7.81. The topological polar surface area (TPSA) is 12.5 Å². The molecule has 4 saturated heterocycles. The third-order valence-corrected chi connectivity index (χ3v) is 7.81. The summed E-state index contributed by atoms with van der Waals surface area (Å²) in [6.07, 6.45) is 15.3. The minimum Gasteiger partial charge on any atom is -0.375 e. The zero-order valence-corrected chi connectivity index (χ0v) is 14.9. The molecule has 4 bridgehead atoms. The van der Waals surface area contributed by atoms with Gasteiger partial charge in [0.2, 0.25) is 0 Å². The second kappa shape index (κ2) is 5.77. The summed E-state index contributed by atoms with van der Waals surface area (Å²) in [4.78, 5) is 2.69. The van der Waals surface area contributed by atoms with E-state index in [1.165, 1.54) is 64.2 Å². The number of hydrogen-bond donors (Lipinski definition) is 0. The molecule has 4 fully saturated rings. The van der Waals surface area contributed by atoms with Crippen molar-refractivity contribution < 1.29 is 4.74 Å². The van der Waals surface area contributed by atoms with Crippen LogP contribution >= 0.6 is 0 Å². The molecular weight excluding hydrogens is 270 g/mol. The van der Waals surface area contributed by atoms with Gasteiger partial charge in [-0.15, -0.1) is 0 Å². The van der Waals surface area contributed by atoms with Gasteiger partial charge in [-0.05, 0) is 82.1 Å². The first-order chi connectivity index (χ1) is 10.5. The molecule has 0 aromatic rings. The molecule has 2 nitrogen and oxygen atoms in total. The zero-order valence-electron chi connectivity index (χ0n) is 14.9. The Morgan fingerprint density at radius 3 is 2.32 bits per heavy atom. The van der Waals surface area contributed by atoms with Crippen LogP contribution in [0.3, 0.4) is 0 Å². The monoisotopic (exact) mass is 305 g/mol. The van der Waals surface area contributed by atoms with E-state index in [-0.39, 0.29) is 0 Å². The van der Waals surface area contributed by atoms with Gasteiger partial charge in [0.25, 0.3) is 0 Å². The maximum absolute atomic E-state index is 6.05.